The fourth-order valence-corrected chi connectivity index (χ4v) is 3.58. The first-order valence-corrected chi connectivity index (χ1v) is 10.1. The summed E-state index contributed by atoms with van der Waals surface area (Å²) in [5.41, 5.74) is 0.746. The Hall–Kier alpha value is -3.33. The van der Waals surface area contributed by atoms with Crippen LogP contribution in [0.1, 0.15) is 26.8 Å². The zero-order valence-electron chi connectivity index (χ0n) is 16.4. The molecule has 1 heterocycles. The van der Waals surface area contributed by atoms with Gasteiger partial charge in [0.25, 0.3) is 5.91 Å². The fraction of sp³-hybridized carbons (Fsp3) is 0.182. The molecule has 0 spiro atoms. The molecule has 2 aromatic carbocycles. The Balaban J connectivity index is 1.82. The highest BCUT2D eigenvalue weighted by Crippen LogP contribution is 2.27. The van der Waals surface area contributed by atoms with Crippen LogP contribution >= 0.6 is 11.3 Å². The van der Waals surface area contributed by atoms with Crippen molar-refractivity contribution in [1.29, 1.82) is 0 Å². The molecule has 0 fully saturated rings. The normalized spacial score (nSPS) is 12.1. The number of rotatable bonds is 7. The maximum atomic E-state index is 13.2. The number of hydrogen-bond acceptors (Lipinski definition) is 4. The summed E-state index contributed by atoms with van der Waals surface area (Å²) in [7, 11) is 1.46. The van der Waals surface area contributed by atoms with Crippen molar-refractivity contribution in [1.82, 2.24) is 10.2 Å². The highest BCUT2D eigenvalue weighted by molar-refractivity contribution is 7.12. The molecule has 1 aromatic heterocycles. The summed E-state index contributed by atoms with van der Waals surface area (Å²) in [6.45, 7) is -0.136. The molecule has 162 valence electrons. The lowest BCUT2D eigenvalue weighted by Gasteiger charge is -2.25. The van der Waals surface area contributed by atoms with E-state index < -0.39 is 24.2 Å². The van der Waals surface area contributed by atoms with Gasteiger partial charge < -0.3 is 15.0 Å². The predicted molar refractivity (Wildman–Crippen MR) is 111 cm³/mol. The minimum absolute atomic E-state index is 0.136. The van der Waals surface area contributed by atoms with Crippen molar-refractivity contribution >= 4 is 23.2 Å². The van der Waals surface area contributed by atoms with E-state index in [4.69, 9.17) is 0 Å². The molecule has 0 saturated heterocycles. The van der Waals surface area contributed by atoms with Crippen molar-refractivity contribution in [2.24, 2.45) is 0 Å². The van der Waals surface area contributed by atoms with Gasteiger partial charge in [0.15, 0.2) is 0 Å². The summed E-state index contributed by atoms with van der Waals surface area (Å²) in [6.07, 6.45) is -4.85. The first-order chi connectivity index (χ1) is 14.7. The van der Waals surface area contributed by atoms with Gasteiger partial charge in [-0.3, -0.25) is 9.59 Å². The molecule has 0 bridgehead atoms. The lowest BCUT2D eigenvalue weighted by atomic mass is 10.0. The summed E-state index contributed by atoms with van der Waals surface area (Å²) in [5, 5.41) is 4.47. The maximum absolute atomic E-state index is 13.2. The molecule has 2 amide bonds. The molecule has 0 aliphatic rings. The average Bonchev–Trinajstić information content (AvgIpc) is 3.27. The molecule has 0 radical (unpaired) electrons. The van der Waals surface area contributed by atoms with E-state index in [-0.39, 0.29) is 17.9 Å². The molecule has 5 nitrogen and oxygen atoms in total. The first-order valence-electron chi connectivity index (χ1n) is 9.22. The fourth-order valence-electron chi connectivity index (χ4n) is 2.96. The third kappa shape index (κ3) is 6.08. The molecule has 3 rings (SSSR count). The molecular weight excluding hydrogens is 429 g/mol. The van der Waals surface area contributed by atoms with Crippen LogP contribution in [-0.4, -0.2) is 30.1 Å². The van der Waals surface area contributed by atoms with Crippen LogP contribution in [0.25, 0.3) is 0 Å². The second-order valence-electron chi connectivity index (χ2n) is 6.64. The minimum Gasteiger partial charge on any atom is -0.405 e. The van der Waals surface area contributed by atoms with Gasteiger partial charge in [-0.15, -0.1) is 24.5 Å². The van der Waals surface area contributed by atoms with Crippen molar-refractivity contribution in [2.75, 3.05) is 7.05 Å². The Kier molecular flexibility index (Phi) is 6.96. The van der Waals surface area contributed by atoms with E-state index in [1.165, 1.54) is 41.5 Å². The number of nitrogens with zero attached hydrogens (tertiary/aromatic N) is 1. The second kappa shape index (κ2) is 9.65. The van der Waals surface area contributed by atoms with Crippen LogP contribution in [0.4, 0.5) is 13.2 Å². The van der Waals surface area contributed by atoms with Crippen molar-refractivity contribution < 1.29 is 27.5 Å². The van der Waals surface area contributed by atoms with Gasteiger partial charge in [-0.2, -0.15) is 0 Å². The molecule has 1 unspecified atom stereocenters. The Bertz CT molecular complexity index is 1020. The van der Waals surface area contributed by atoms with E-state index in [0.717, 1.165) is 0 Å². The number of halogens is 3. The van der Waals surface area contributed by atoms with Crippen LogP contribution in [0.2, 0.25) is 0 Å². The van der Waals surface area contributed by atoms with E-state index in [0.29, 0.717) is 10.4 Å². The minimum atomic E-state index is -4.85. The standard InChI is InChI=1S/C22H19F3N2O3S/c1-27(14-16-10-5-6-11-17(16)30-22(23,24)25)21(29)19(15-8-3-2-4-9-15)26-20(28)18-12-7-13-31-18/h2-13,19H,14H2,1H3,(H,26,28). The SMILES string of the molecule is CN(Cc1ccccc1OC(F)(F)F)C(=O)C(NC(=O)c1cccs1)c1ccccc1. The van der Waals surface area contributed by atoms with E-state index in [2.05, 4.69) is 10.1 Å². The number of amides is 2. The van der Waals surface area contributed by atoms with Gasteiger partial charge in [0.1, 0.15) is 11.8 Å². The third-order valence-corrected chi connectivity index (χ3v) is 5.25. The van der Waals surface area contributed by atoms with Crippen molar-refractivity contribution in [3.05, 3.63) is 88.1 Å². The number of likely N-dealkylation sites (N-methyl/N-ethyl adjacent to an activating group) is 1. The van der Waals surface area contributed by atoms with Crippen LogP contribution in [0.3, 0.4) is 0 Å². The quantitative estimate of drug-likeness (QED) is 0.566. The van der Waals surface area contributed by atoms with E-state index >= 15 is 0 Å². The van der Waals surface area contributed by atoms with E-state index in [1.807, 2.05) is 0 Å². The number of hydrogen-bond donors (Lipinski definition) is 1. The van der Waals surface area contributed by atoms with Crippen molar-refractivity contribution in [3.8, 4) is 5.75 Å². The van der Waals surface area contributed by atoms with Crippen molar-refractivity contribution in [2.45, 2.75) is 18.9 Å². The zero-order valence-corrected chi connectivity index (χ0v) is 17.2. The zero-order chi connectivity index (χ0) is 22.4. The summed E-state index contributed by atoms with van der Waals surface area (Å²) in [5.74, 6) is -1.27. The van der Waals surface area contributed by atoms with E-state index in [9.17, 15) is 22.8 Å². The highest BCUT2D eigenvalue weighted by atomic mass is 32.1. The number of alkyl halides is 3. The molecule has 0 saturated carbocycles. The summed E-state index contributed by atoms with van der Waals surface area (Å²) in [6, 6.07) is 16.6. The van der Waals surface area contributed by atoms with E-state index in [1.54, 1.807) is 53.9 Å². The number of carbonyl (C=O) groups excluding carboxylic acids is 2. The number of ether oxygens (including phenoxy) is 1. The average molecular weight is 448 g/mol. The van der Waals surface area contributed by atoms with Gasteiger partial charge in [0.05, 0.1) is 4.88 Å². The van der Waals surface area contributed by atoms with Gasteiger partial charge >= 0.3 is 6.36 Å². The molecular formula is C22H19F3N2O3S. The van der Waals surface area contributed by atoms with Crippen LogP contribution < -0.4 is 10.1 Å². The second-order valence-corrected chi connectivity index (χ2v) is 7.59. The molecule has 31 heavy (non-hydrogen) atoms. The number of nitrogens with one attached hydrogen (secondary N) is 1. The van der Waals surface area contributed by atoms with Gasteiger partial charge in [0, 0.05) is 19.2 Å². The largest absolute Gasteiger partial charge is 0.573 e. The predicted octanol–water partition coefficient (Wildman–Crippen LogP) is 4.78. The van der Waals surface area contributed by atoms with Crippen LogP contribution in [0.15, 0.2) is 72.1 Å². The molecule has 1 atom stereocenters. The summed E-state index contributed by atoms with van der Waals surface area (Å²) >= 11 is 1.24. The first kappa shape index (κ1) is 22.4. The number of thiophene rings is 1. The molecule has 3 aromatic rings. The van der Waals surface area contributed by atoms with Gasteiger partial charge in [0.2, 0.25) is 5.91 Å². The van der Waals surface area contributed by atoms with Crippen LogP contribution in [0.5, 0.6) is 5.75 Å². The van der Waals surface area contributed by atoms with Crippen LogP contribution in [-0.2, 0) is 11.3 Å². The Labute approximate surface area is 181 Å². The molecule has 0 aliphatic heterocycles. The van der Waals surface area contributed by atoms with Crippen molar-refractivity contribution in [3.63, 3.8) is 0 Å². The number of benzene rings is 2. The Morgan fingerprint density at radius 2 is 1.71 bits per heavy atom. The maximum Gasteiger partial charge on any atom is 0.573 e. The van der Waals surface area contributed by atoms with Crippen LogP contribution in [0, 0.1) is 0 Å². The van der Waals surface area contributed by atoms with Gasteiger partial charge in [-0.25, -0.2) is 0 Å². The lowest BCUT2D eigenvalue weighted by Crippen LogP contribution is -2.41. The summed E-state index contributed by atoms with van der Waals surface area (Å²) < 4.78 is 42.2. The topological polar surface area (TPSA) is 58.6 Å². The van der Waals surface area contributed by atoms with Gasteiger partial charge in [-0.05, 0) is 23.1 Å². The molecule has 9 heteroatoms. The monoisotopic (exact) mass is 448 g/mol. The third-order valence-electron chi connectivity index (χ3n) is 4.38. The summed E-state index contributed by atoms with van der Waals surface area (Å²) in [4.78, 5) is 27.5. The Morgan fingerprint density at radius 1 is 1.03 bits per heavy atom. The lowest BCUT2D eigenvalue weighted by molar-refractivity contribution is -0.275. The molecule has 1 N–H and O–H groups in total. The Morgan fingerprint density at radius 3 is 2.35 bits per heavy atom. The molecule has 0 aliphatic carbocycles. The van der Waals surface area contributed by atoms with Gasteiger partial charge in [-0.1, -0.05) is 54.6 Å². The highest BCUT2D eigenvalue weighted by Gasteiger charge is 2.32. The number of para-hydroxylation sites is 1. The smallest absolute Gasteiger partial charge is 0.405 e. The number of carbonyl (C=O) groups is 2.